The quantitative estimate of drug-likeness (QED) is 0.837. The van der Waals surface area contributed by atoms with Crippen LogP contribution < -0.4 is 10.5 Å². The summed E-state index contributed by atoms with van der Waals surface area (Å²) in [6.07, 6.45) is 1.52. The third kappa shape index (κ3) is 2.33. The molecule has 0 aromatic heterocycles. The van der Waals surface area contributed by atoms with Gasteiger partial charge >= 0.3 is 0 Å². The summed E-state index contributed by atoms with van der Waals surface area (Å²) in [4.78, 5) is 0. The SMILES string of the molecule is COc1ccc(C2CC(N)CCO2)cc1F. The number of ether oxygens (including phenoxy) is 2. The van der Waals surface area contributed by atoms with Gasteiger partial charge < -0.3 is 15.2 Å². The van der Waals surface area contributed by atoms with Crippen LogP contribution in [0.2, 0.25) is 0 Å². The van der Waals surface area contributed by atoms with Crippen molar-refractivity contribution in [3.63, 3.8) is 0 Å². The van der Waals surface area contributed by atoms with Crippen LogP contribution in [0, 0.1) is 5.82 Å². The van der Waals surface area contributed by atoms with Crippen molar-refractivity contribution in [2.45, 2.75) is 25.0 Å². The van der Waals surface area contributed by atoms with Crippen LogP contribution in [-0.4, -0.2) is 19.8 Å². The minimum atomic E-state index is -0.359. The van der Waals surface area contributed by atoms with Crippen LogP contribution >= 0.6 is 0 Å². The summed E-state index contributed by atoms with van der Waals surface area (Å²) in [7, 11) is 1.45. The van der Waals surface area contributed by atoms with Gasteiger partial charge in [0.25, 0.3) is 0 Å². The zero-order chi connectivity index (χ0) is 11.5. The number of hydrogen-bond acceptors (Lipinski definition) is 3. The predicted octanol–water partition coefficient (Wildman–Crippen LogP) is 2.01. The second-order valence-electron chi connectivity index (χ2n) is 4.04. The van der Waals surface area contributed by atoms with E-state index < -0.39 is 0 Å². The third-order valence-corrected chi connectivity index (χ3v) is 2.87. The van der Waals surface area contributed by atoms with Gasteiger partial charge in [0.2, 0.25) is 0 Å². The lowest BCUT2D eigenvalue weighted by molar-refractivity contribution is 0.00648. The van der Waals surface area contributed by atoms with Gasteiger partial charge in [-0.3, -0.25) is 0 Å². The zero-order valence-electron chi connectivity index (χ0n) is 9.28. The Balaban J connectivity index is 2.17. The average Bonchev–Trinajstić information content (AvgIpc) is 2.29. The fourth-order valence-corrected chi connectivity index (χ4v) is 1.94. The monoisotopic (exact) mass is 225 g/mol. The molecule has 0 radical (unpaired) electrons. The second-order valence-corrected chi connectivity index (χ2v) is 4.04. The Bertz CT molecular complexity index is 370. The Hall–Kier alpha value is -1.13. The first-order valence-corrected chi connectivity index (χ1v) is 5.41. The van der Waals surface area contributed by atoms with Crippen LogP contribution in [0.25, 0.3) is 0 Å². The van der Waals surface area contributed by atoms with Crippen LogP contribution in [0.1, 0.15) is 24.5 Å². The summed E-state index contributed by atoms with van der Waals surface area (Å²) in [5, 5.41) is 0. The van der Waals surface area contributed by atoms with Gasteiger partial charge in [0.1, 0.15) is 0 Å². The largest absolute Gasteiger partial charge is 0.494 e. The van der Waals surface area contributed by atoms with Crippen LogP contribution in [0.5, 0.6) is 5.75 Å². The van der Waals surface area contributed by atoms with Gasteiger partial charge in [0, 0.05) is 12.6 Å². The Labute approximate surface area is 94.3 Å². The van der Waals surface area contributed by atoms with Crippen molar-refractivity contribution in [2.75, 3.05) is 13.7 Å². The van der Waals surface area contributed by atoms with Gasteiger partial charge in [-0.25, -0.2) is 4.39 Å². The molecule has 1 aliphatic heterocycles. The van der Waals surface area contributed by atoms with E-state index in [9.17, 15) is 4.39 Å². The molecular formula is C12H16FNO2. The van der Waals surface area contributed by atoms with Crippen molar-refractivity contribution in [3.8, 4) is 5.75 Å². The number of benzene rings is 1. The van der Waals surface area contributed by atoms with Crippen molar-refractivity contribution < 1.29 is 13.9 Å². The molecule has 1 saturated heterocycles. The molecule has 3 nitrogen and oxygen atoms in total. The first-order chi connectivity index (χ1) is 7.70. The maximum Gasteiger partial charge on any atom is 0.165 e. The molecule has 2 N–H and O–H groups in total. The van der Waals surface area contributed by atoms with Gasteiger partial charge in [-0.05, 0) is 30.5 Å². The smallest absolute Gasteiger partial charge is 0.165 e. The lowest BCUT2D eigenvalue weighted by Gasteiger charge is -2.27. The summed E-state index contributed by atoms with van der Waals surface area (Å²) >= 11 is 0. The van der Waals surface area contributed by atoms with Gasteiger partial charge in [-0.2, -0.15) is 0 Å². The molecule has 1 aliphatic rings. The van der Waals surface area contributed by atoms with Crippen LogP contribution in [0.4, 0.5) is 4.39 Å². The molecule has 0 bridgehead atoms. The van der Waals surface area contributed by atoms with Crippen LogP contribution in [-0.2, 0) is 4.74 Å². The number of methoxy groups -OCH3 is 1. The highest BCUT2D eigenvalue weighted by atomic mass is 19.1. The molecule has 2 atom stereocenters. The summed E-state index contributed by atoms with van der Waals surface area (Å²) in [6, 6.07) is 5.05. The third-order valence-electron chi connectivity index (χ3n) is 2.87. The Morgan fingerprint density at radius 2 is 2.31 bits per heavy atom. The molecule has 1 aromatic carbocycles. The summed E-state index contributed by atoms with van der Waals surface area (Å²) in [5.41, 5.74) is 6.69. The molecule has 0 aliphatic carbocycles. The standard InChI is InChI=1S/C12H16FNO2/c1-15-11-3-2-8(6-10(11)13)12-7-9(14)4-5-16-12/h2-3,6,9,12H,4-5,7,14H2,1H3. The van der Waals surface area contributed by atoms with Crippen molar-refractivity contribution >= 4 is 0 Å². The van der Waals surface area contributed by atoms with Gasteiger partial charge in [-0.1, -0.05) is 6.07 Å². The highest BCUT2D eigenvalue weighted by molar-refractivity contribution is 5.30. The fraction of sp³-hybridized carbons (Fsp3) is 0.500. The average molecular weight is 225 g/mol. The van der Waals surface area contributed by atoms with Gasteiger partial charge in [0.05, 0.1) is 13.2 Å². The number of nitrogens with two attached hydrogens (primary N) is 1. The van der Waals surface area contributed by atoms with Crippen molar-refractivity contribution in [2.24, 2.45) is 5.73 Å². The Morgan fingerprint density at radius 1 is 1.50 bits per heavy atom. The fourth-order valence-electron chi connectivity index (χ4n) is 1.94. The number of rotatable bonds is 2. The second kappa shape index (κ2) is 4.80. The van der Waals surface area contributed by atoms with Crippen molar-refractivity contribution in [3.05, 3.63) is 29.6 Å². The van der Waals surface area contributed by atoms with E-state index in [4.69, 9.17) is 15.2 Å². The van der Waals surface area contributed by atoms with Crippen molar-refractivity contribution in [1.82, 2.24) is 0 Å². The molecule has 2 unspecified atom stereocenters. The molecule has 88 valence electrons. The topological polar surface area (TPSA) is 44.5 Å². The first kappa shape index (κ1) is 11.4. The van der Waals surface area contributed by atoms with E-state index in [0.717, 1.165) is 18.4 Å². The minimum Gasteiger partial charge on any atom is -0.494 e. The van der Waals surface area contributed by atoms with Crippen LogP contribution in [0.15, 0.2) is 18.2 Å². The van der Waals surface area contributed by atoms with E-state index in [1.54, 1.807) is 6.07 Å². The van der Waals surface area contributed by atoms with E-state index in [1.807, 2.05) is 6.07 Å². The molecule has 0 amide bonds. The highest BCUT2D eigenvalue weighted by Gasteiger charge is 2.22. The predicted molar refractivity (Wildman–Crippen MR) is 58.9 cm³/mol. The van der Waals surface area contributed by atoms with E-state index >= 15 is 0 Å². The zero-order valence-corrected chi connectivity index (χ0v) is 9.28. The molecule has 1 heterocycles. The maximum absolute atomic E-state index is 13.5. The van der Waals surface area contributed by atoms with E-state index in [1.165, 1.54) is 13.2 Å². The molecule has 16 heavy (non-hydrogen) atoms. The van der Waals surface area contributed by atoms with E-state index in [-0.39, 0.29) is 23.7 Å². The van der Waals surface area contributed by atoms with Crippen LogP contribution in [0.3, 0.4) is 0 Å². The Kier molecular flexibility index (Phi) is 3.41. The summed E-state index contributed by atoms with van der Waals surface area (Å²) in [6.45, 7) is 0.638. The number of halogens is 1. The molecule has 1 aromatic rings. The highest BCUT2D eigenvalue weighted by Crippen LogP contribution is 2.29. The van der Waals surface area contributed by atoms with E-state index in [0.29, 0.717) is 6.61 Å². The molecule has 0 saturated carbocycles. The van der Waals surface area contributed by atoms with Crippen molar-refractivity contribution in [1.29, 1.82) is 0 Å². The van der Waals surface area contributed by atoms with Gasteiger partial charge in [0.15, 0.2) is 11.6 Å². The maximum atomic E-state index is 13.5. The van der Waals surface area contributed by atoms with E-state index in [2.05, 4.69) is 0 Å². The van der Waals surface area contributed by atoms with Gasteiger partial charge in [-0.15, -0.1) is 0 Å². The molecule has 1 fully saturated rings. The molecule has 0 spiro atoms. The molecular weight excluding hydrogens is 209 g/mol. The Morgan fingerprint density at radius 3 is 2.94 bits per heavy atom. The lowest BCUT2D eigenvalue weighted by atomic mass is 9.98. The lowest BCUT2D eigenvalue weighted by Crippen LogP contribution is -2.30. The summed E-state index contributed by atoms with van der Waals surface area (Å²) < 4.78 is 23.9. The number of hydrogen-bond donors (Lipinski definition) is 1. The normalized spacial score (nSPS) is 25.4. The molecule has 2 rings (SSSR count). The molecule has 4 heteroatoms. The summed E-state index contributed by atoms with van der Waals surface area (Å²) in [5.74, 6) is -0.105. The first-order valence-electron chi connectivity index (χ1n) is 5.41. The minimum absolute atomic E-state index is 0.0934.